The molecule has 2 aliphatic rings. The van der Waals surface area contributed by atoms with Gasteiger partial charge in [-0.25, -0.2) is 4.39 Å². The van der Waals surface area contributed by atoms with Gasteiger partial charge >= 0.3 is 0 Å². The van der Waals surface area contributed by atoms with E-state index in [4.69, 9.17) is 16.3 Å². The fraction of sp³-hybridized carbons (Fsp3) is 0.588. The van der Waals surface area contributed by atoms with Crippen LogP contribution in [0.25, 0.3) is 0 Å². The summed E-state index contributed by atoms with van der Waals surface area (Å²) in [5, 5.41) is 3.36. The molecule has 1 amide bonds. The van der Waals surface area contributed by atoms with Gasteiger partial charge in [-0.15, -0.1) is 0 Å². The van der Waals surface area contributed by atoms with Crippen LogP contribution in [0.2, 0.25) is 5.02 Å². The summed E-state index contributed by atoms with van der Waals surface area (Å²) in [6.07, 6.45) is 1.98. The molecule has 1 heterocycles. The number of carbonyl (C=O) groups excluding carboxylic acids is 1. The Labute approximate surface area is 140 Å². The number of carbonyl (C=O) groups is 1. The molecule has 0 bridgehead atoms. The quantitative estimate of drug-likeness (QED) is 0.896. The lowest BCUT2D eigenvalue weighted by atomic mass is 10.0. The number of benzene rings is 1. The van der Waals surface area contributed by atoms with Crippen molar-refractivity contribution in [3.63, 3.8) is 0 Å². The van der Waals surface area contributed by atoms with Crippen LogP contribution in [0.3, 0.4) is 0 Å². The van der Waals surface area contributed by atoms with Crippen LogP contribution in [-0.4, -0.2) is 43.2 Å². The number of ether oxygens (including phenoxy) is 1. The molecule has 1 aliphatic carbocycles. The number of amides is 1. The molecule has 1 N–H and O–H groups in total. The predicted octanol–water partition coefficient (Wildman–Crippen LogP) is 2.77. The van der Waals surface area contributed by atoms with Crippen molar-refractivity contribution in [3.05, 3.63) is 34.6 Å². The predicted molar refractivity (Wildman–Crippen MR) is 86.9 cm³/mol. The van der Waals surface area contributed by atoms with E-state index in [9.17, 15) is 9.18 Å². The Kier molecular flexibility index (Phi) is 5.19. The van der Waals surface area contributed by atoms with E-state index in [0.717, 1.165) is 12.8 Å². The number of nitrogens with zero attached hydrogens (tertiary/aromatic N) is 1. The third kappa shape index (κ3) is 4.03. The Bertz CT molecular complexity index is 559. The van der Waals surface area contributed by atoms with E-state index in [1.807, 2.05) is 6.92 Å². The van der Waals surface area contributed by atoms with Crippen LogP contribution < -0.4 is 5.32 Å². The van der Waals surface area contributed by atoms with Crippen LogP contribution in [0.4, 0.5) is 4.39 Å². The zero-order valence-electron chi connectivity index (χ0n) is 13.2. The van der Waals surface area contributed by atoms with Crippen molar-refractivity contribution in [2.75, 3.05) is 26.2 Å². The van der Waals surface area contributed by atoms with Gasteiger partial charge in [0.15, 0.2) is 0 Å². The van der Waals surface area contributed by atoms with Gasteiger partial charge in [0.05, 0.1) is 18.8 Å². The second kappa shape index (κ2) is 7.16. The van der Waals surface area contributed by atoms with Gasteiger partial charge in [0, 0.05) is 36.1 Å². The summed E-state index contributed by atoms with van der Waals surface area (Å²) >= 11 is 6.26. The topological polar surface area (TPSA) is 41.6 Å². The maximum absolute atomic E-state index is 14.4. The first kappa shape index (κ1) is 16.7. The number of hydrogen-bond acceptors (Lipinski definition) is 3. The van der Waals surface area contributed by atoms with Crippen LogP contribution in [0.5, 0.6) is 0 Å². The van der Waals surface area contributed by atoms with Crippen molar-refractivity contribution in [1.29, 1.82) is 0 Å². The highest BCUT2D eigenvalue weighted by molar-refractivity contribution is 6.31. The Morgan fingerprint density at radius 2 is 2.30 bits per heavy atom. The average molecular weight is 341 g/mol. The molecule has 0 aromatic heterocycles. The van der Waals surface area contributed by atoms with Crippen LogP contribution in [-0.2, 0) is 9.53 Å². The van der Waals surface area contributed by atoms with Crippen LogP contribution in [0, 0.1) is 11.7 Å². The highest BCUT2D eigenvalue weighted by Gasteiger charge is 2.33. The van der Waals surface area contributed by atoms with E-state index in [1.165, 1.54) is 6.07 Å². The smallest absolute Gasteiger partial charge is 0.223 e. The van der Waals surface area contributed by atoms with Gasteiger partial charge in [0.1, 0.15) is 5.82 Å². The van der Waals surface area contributed by atoms with Crippen molar-refractivity contribution >= 4 is 17.5 Å². The summed E-state index contributed by atoms with van der Waals surface area (Å²) in [5.41, 5.74) is 0.458. The third-order valence-electron chi connectivity index (χ3n) is 4.46. The van der Waals surface area contributed by atoms with Crippen LogP contribution in [0.1, 0.15) is 31.4 Å². The summed E-state index contributed by atoms with van der Waals surface area (Å²) in [6.45, 7) is 4.34. The van der Waals surface area contributed by atoms with Crippen LogP contribution >= 0.6 is 11.6 Å². The van der Waals surface area contributed by atoms with Crippen LogP contribution in [0.15, 0.2) is 18.2 Å². The van der Waals surface area contributed by atoms with Crippen molar-refractivity contribution in [2.24, 2.45) is 5.92 Å². The highest BCUT2D eigenvalue weighted by atomic mass is 35.5. The summed E-state index contributed by atoms with van der Waals surface area (Å²) < 4.78 is 20.0. The molecular formula is C17H22ClFN2O2. The Balaban J connectivity index is 1.81. The molecular weight excluding hydrogens is 319 g/mol. The molecule has 1 aromatic carbocycles. The first-order chi connectivity index (χ1) is 11.1. The normalized spacial score (nSPS) is 23.5. The zero-order chi connectivity index (χ0) is 16.4. The second-order valence-corrected chi connectivity index (χ2v) is 6.75. The molecule has 1 aromatic rings. The standard InChI is InChI=1S/C17H22ClFN2O2/c1-11-10-21(7-8-23-11)15(9-20-17(22)12-5-6-12)16-13(18)3-2-4-14(16)19/h2-4,11-12,15H,5-10H2,1H3,(H,20,22). The minimum absolute atomic E-state index is 0.0590. The number of morpholine rings is 1. The van der Waals surface area contributed by atoms with Gasteiger partial charge in [0.25, 0.3) is 0 Å². The summed E-state index contributed by atoms with van der Waals surface area (Å²) in [5.74, 6) is -0.138. The van der Waals surface area contributed by atoms with E-state index in [-0.39, 0.29) is 29.8 Å². The van der Waals surface area contributed by atoms with Gasteiger partial charge in [-0.1, -0.05) is 17.7 Å². The fourth-order valence-corrected chi connectivity index (χ4v) is 3.35. The number of halogens is 2. The second-order valence-electron chi connectivity index (χ2n) is 6.35. The van der Waals surface area contributed by atoms with Crippen molar-refractivity contribution in [1.82, 2.24) is 10.2 Å². The monoisotopic (exact) mass is 340 g/mol. The molecule has 6 heteroatoms. The molecule has 0 radical (unpaired) electrons. The first-order valence-corrected chi connectivity index (χ1v) is 8.51. The molecule has 3 rings (SSSR count). The van der Waals surface area contributed by atoms with Gasteiger partial charge in [0.2, 0.25) is 5.91 Å². The van der Waals surface area contributed by atoms with Crippen molar-refractivity contribution in [2.45, 2.75) is 31.9 Å². The Morgan fingerprint density at radius 1 is 1.52 bits per heavy atom. The summed E-state index contributed by atoms with van der Waals surface area (Å²) in [4.78, 5) is 14.1. The van der Waals surface area contributed by atoms with Gasteiger partial charge in [-0.2, -0.15) is 0 Å². The minimum Gasteiger partial charge on any atom is -0.376 e. The molecule has 1 saturated carbocycles. The van der Waals surface area contributed by atoms with Gasteiger partial charge < -0.3 is 10.1 Å². The first-order valence-electron chi connectivity index (χ1n) is 8.13. The molecule has 23 heavy (non-hydrogen) atoms. The van der Waals surface area contributed by atoms with Crippen molar-refractivity contribution in [3.8, 4) is 0 Å². The number of nitrogens with one attached hydrogen (secondary N) is 1. The number of hydrogen-bond donors (Lipinski definition) is 1. The molecule has 0 spiro atoms. The Hall–Kier alpha value is -1.17. The van der Waals surface area contributed by atoms with E-state index >= 15 is 0 Å². The molecule has 2 fully saturated rings. The number of rotatable bonds is 5. The highest BCUT2D eigenvalue weighted by Crippen LogP contribution is 2.32. The van der Waals surface area contributed by atoms with Gasteiger partial charge in [-0.3, -0.25) is 9.69 Å². The largest absolute Gasteiger partial charge is 0.376 e. The average Bonchev–Trinajstić information content (AvgIpc) is 3.34. The van der Waals surface area contributed by atoms with E-state index < -0.39 is 0 Å². The van der Waals surface area contributed by atoms with Gasteiger partial charge in [-0.05, 0) is 31.9 Å². The lowest BCUT2D eigenvalue weighted by molar-refractivity contribution is -0.122. The maximum atomic E-state index is 14.4. The van der Waals surface area contributed by atoms with Crippen molar-refractivity contribution < 1.29 is 13.9 Å². The SMILES string of the molecule is CC1CN(C(CNC(=O)C2CC2)c2c(F)cccc2Cl)CCO1. The molecule has 1 saturated heterocycles. The summed E-state index contributed by atoms with van der Waals surface area (Å²) in [6, 6.07) is 4.43. The molecule has 4 nitrogen and oxygen atoms in total. The van der Waals surface area contributed by atoms with E-state index in [2.05, 4.69) is 10.2 Å². The van der Waals surface area contributed by atoms with E-state index in [1.54, 1.807) is 12.1 Å². The molecule has 126 valence electrons. The van der Waals surface area contributed by atoms with E-state index in [0.29, 0.717) is 36.8 Å². The lowest BCUT2D eigenvalue weighted by Crippen LogP contribution is -2.47. The molecule has 2 unspecified atom stereocenters. The molecule has 1 aliphatic heterocycles. The zero-order valence-corrected chi connectivity index (χ0v) is 14.0. The maximum Gasteiger partial charge on any atom is 0.223 e. The lowest BCUT2D eigenvalue weighted by Gasteiger charge is -2.38. The third-order valence-corrected chi connectivity index (χ3v) is 4.79. The Morgan fingerprint density at radius 3 is 2.96 bits per heavy atom. The fourth-order valence-electron chi connectivity index (χ4n) is 3.06. The molecule has 2 atom stereocenters. The summed E-state index contributed by atoms with van der Waals surface area (Å²) in [7, 11) is 0. The minimum atomic E-state index is -0.331.